The van der Waals surface area contributed by atoms with Crippen LogP contribution in [0.15, 0.2) is 0 Å². The summed E-state index contributed by atoms with van der Waals surface area (Å²) in [5.74, 6) is 2.43. The van der Waals surface area contributed by atoms with Crippen LogP contribution < -0.4 is 0 Å². The summed E-state index contributed by atoms with van der Waals surface area (Å²) in [6.07, 6.45) is 9.43. The number of nitrogens with zero attached hydrogens (tertiary/aromatic N) is 2. The molecule has 4 fully saturated rings. The maximum absolute atomic E-state index is 13.6. The molecule has 0 aromatic carbocycles. The molecule has 4 aliphatic rings. The van der Waals surface area contributed by atoms with Crippen LogP contribution in [0.2, 0.25) is 0 Å². The minimum Gasteiger partial charge on any atom is -0.343 e. The summed E-state index contributed by atoms with van der Waals surface area (Å²) in [4.78, 5) is 30.4. The first kappa shape index (κ1) is 20.2. The van der Waals surface area contributed by atoms with Crippen LogP contribution in [0.4, 0.5) is 0 Å². The predicted octanol–water partition coefficient (Wildman–Crippen LogP) is 4.33. The van der Waals surface area contributed by atoms with E-state index in [4.69, 9.17) is 0 Å². The molecule has 1 aliphatic heterocycles. The molecule has 3 aliphatic carbocycles. The molecule has 0 aromatic heterocycles. The molecule has 7 atom stereocenters. The molecule has 4 rings (SSSR count). The Labute approximate surface area is 171 Å². The van der Waals surface area contributed by atoms with Gasteiger partial charge in [0.05, 0.1) is 5.92 Å². The van der Waals surface area contributed by atoms with E-state index < -0.39 is 0 Å². The second-order valence-electron chi connectivity index (χ2n) is 10.7. The first-order valence-electron chi connectivity index (χ1n) is 11.8. The van der Waals surface area contributed by atoms with E-state index in [1.165, 1.54) is 38.5 Å². The Morgan fingerprint density at radius 3 is 2.46 bits per heavy atom. The number of piperidine rings is 1. The van der Waals surface area contributed by atoms with Gasteiger partial charge in [-0.3, -0.25) is 9.59 Å². The standard InChI is InChI=1S/C24H40N2O2/c1-6-26(7-2)22(28)19-15-21(27)25(5)20-11-10-16-17-9-8-13-23(17,3)14-12-18(16)24(19,20)4/h16-20H,6-15H2,1-5H3/t16-,17-,18-,19?,20+,23-,24-/m0/s1. The molecule has 1 unspecified atom stereocenters. The van der Waals surface area contributed by atoms with Gasteiger partial charge in [-0.1, -0.05) is 20.3 Å². The number of carbonyl (C=O) groups is 2. The summed E-state index contributed by atoms with van der Waals surface area (Å²) in [6, 6.07) is 0.227. The Balaban J connectivity index is 1.73. The predicted molar refractivity (Wildman–Crippen MR) is 112 cm³/mol. The third-order valence-electron chi connectivity index (χ3n) is 9.87. The average Bonchev–Trinajstić information content (AvgIpc) is 3.07. The highest BCUT2D eigenvalue weighted by molar-refractivity contribution is 5.88. The van der Waals surface area contributed by atoms with Crippen molar-refractivity contribution in [3.05, 3.63) is 0 Å². The van der Waals surface area contributed by atoms with Crippen molar-refractivity contribution in [1.29, 1.82) is 0 Å². The van der Waals surface area contributed by atoms with Gasteiger partial charge in [0.2, 0.25) is 11.8 Å². The summed E-state index contributed by atoms with van der Waals surface area (Å²) < 4.78 is 0. The maximum atomic E-state index is 13.6. The van der Waals surface area contributed by atoms with Crippen molar-refractivity contribution in [1.82, 2.24) is 9.80 Å². The van der Waals surface area contributed by atoms with Gasteiger partial charge in [0.1, 0.15) is 0 Å². The fourth-order valence-electron chi connectivity index (χ4n) is 8.29. The monoisotopic (exact) mass is 388 g/mol. The summed E-state index contributed by atoms with van der Waals surface area (Å²) in [6.45, 7) is 10.5. The summed E-state index contributed by atoms with van der Waals surface area (Å²) in [7, 11) is 1.99. The van der Waals surface area contributed by atoms with Gasteiger partial charge in [-0.25, -0.2) is 0 Å². The van der Waals surface area contributed by atoms with Gasteiger partial charge >= 0.3 is 0 Å². The highest BCUT2D eigenvalue weighted by Crippen LogP contribution is 2.65. The van der Waals surface area contributed by atoms with Crippen molar-refractivity contribution < 1.29 is 9.59 Å². The number of hydrogen-bond acceptors (Lipinski definition) is 2. The number of likely N-dealkylation sites (tertiary alicyclic amines) is 1. The van der Waals surface area contributed by atoms with Gasteiger partial charge in [-0.05, 0) is 75.5 Å². The second kappa shape index (κ2) is 7.02. The fraction of sp³-hybridized carbons (Fsp3) is 0.917. The van der Waals surface area contributed by atoms with Crippen LogP contribution >= 0.6 is 0 Å². The van der Waals surface area contributed by atoms with Crippen molar-refractivity contribution >= 4 is 11.8 Å². The number of rotatable bonds is 3. The summed E-state index contributed by atoms with van der Waals surface area (Å²) in [5.41, 5.74) is 0.453. The molecule has 1 heterocycles. The quantitative estimate of drug-likeness (QED) is 0.722. The van der Waals surface area contributed by atoms with Gasteiger partial charge < -0.3 is 9.80 Å². The summed E-state index contributed by atoms with van der Waals surface area (Å²) in [5, 5.41) is 0. The van der Waals surface area contributed by atoms with Crippen LogP contribution in [0.5, 0.6) is 0 Å². The van der Waals surface area contributed by atoms with Gasteiger partial charge in [-0.15, -0.1) is 0 Å². The van der Waals surface area contributed by atoms with E-state index in [0.29, 0.717) is 17.8 Å². The molecule has 4 nitrogen and oxygen atoms in total. The Bertz CT molecular complexity index is 645. The number of hydrogen-bond donors (Lipinski definition) is 0. The van der Waals surface area contributed by atoms with Crippen molar-refractivity contribution in [2.75, 3.05) is 20.1 Å². The van der Waals surface area contributed by atoms with Crippen molar-refractivity contribution in [3.63, 3.8) is 0 Å². The molecule has 158 valence electrons. The molecule has 1 saturated heterocycles. The minimum atomic E-state index is -0.139. The largest absolute Gasteiger partial charge is 0.343 e. The lowest BCUT2D eigenvalue weighted by atomic mass is 9.45. The smallest absolute Gasteiger partial charge is 0.226 e. The van der Waals surface area contributed by atoms with E-state index in [1.807, 2.05) is 16.8 Å². The molecular formula is C24H40N2O2. The van der Waals surface area contributed by atoms with E-state index in [1.54, 1.807) is 0 Å². The van der Waals surface area contributed by atoms with Crippen LogP contribution in [0, 0.1) is 34.5 Å². The Kier molecular flexibility index (Phi) is 5.07. The average molecular weight is 389 g/mol. The molecular weight excluding hydrogens is 348 g/mol. The molecule has 0 N–H and O–H groups in total. The van der Waals surface area contributed by atoms with E-state index in [9.17, 15) is 9.59 Å². The lowest BCUT2D eigenvalue weighted by Crippen LogP contribution is -2.66. The van der Waals surface area contributed by atoms with E-state index >= 15 is 0 Å². The first-order chi connectivity index (χ1) is 13.3. The number of carbonyl (C=O) groups excluding carboxylic acids is 2. The zero-order valence-corrected chi connectivity index (χ0v) is 18.7. The lowest BCUT2D eigenvalue weighted by molar-refractivity contribution is -0.180. The zero-order chi connectivity index (χ0) is 20.3. The normalized spacial score (nSPS) is 45.2. The highest BCUT2D eigenvalue weighted by Gasteiger charge is 2.63. The van der Waals surface area contributed by atoms with E-state index in [2.05, 4.69) is 27.7 Å². The van der Waals surface area contributed by atoms with Gasteiger partial charge in [0.25, 0.3) is 0 Å². The second-order valence-corrected chi connectivity index (χ2v) is 10.7. The van der Waals surface area contributed by atoms with Crippen molar-refractivity contribution in [2.45, 2.75) is 85.1 Å². The molecule has 0 bridgehead atoms. The van der Waals surface area contributed by atoms with Crippen LogP contribution in [-0.2, 0) is 9.59 Å². The molecule has 28 heavy (non-hydrogen) atoms. The fourth-order valence-corrected chi connectivity index (χ4v) is 8.29. The Morgan fingerprint density at radius 2 is 1.79 bits per heavy atom. The zero-order valence-electron chi connectivity index (χ0n) is 18.7. The van der Waals surface area contributed by atoms with Crippen molar-refractivity contribution in [3.8, 4) is 0 Å². The topological polar surface area (TPSA) is 40.6 Å². The maximum Gasteiger partial charge on any atom is 0.226 e. The number of amides is 2. The summed E-state index contributed by atoms with van der Waals surface area (Å²) >= 11 is 0. The van der Waals surface area contributed by atoms with Crippen LogP contribution in [0.1, 0.15) is 79.1 Å². The molecule has 4 heteroatoms. The first-order valence-corrected chi connectivity index (χ1v) is 11.8. The Morgan fingerprint density at radius 1 is 1.07 bits per heavy atom. The van der Waals surface area contributed by atoms with Crippen molar-refractivity contribution in [2.24, 2.45) is 34.5 Å². The van der Waals surface area contributed by atoms with Crippen LogP contribution in [0.3, 0.4) is 0 Å². The van der Waals surface area contributed by atoms with Gasteiger partial charge in [-0.2, -0.15) is 0 Å². The van der Waals surface area contributed by atoms with Gasteiger partial charge in [0, 0.05) is 38.0 Å². The molecule has 3 saturated carbocycles. The van der Waals surface area contributed by atoms with Crippen LogP contribution in [0.25, 0.3) is 0 Å². The lowest BCUT2D eigenvalue weighted by Gasteiger charge is -2.63. The van der Waals surface area contributed by atoms with Crippen LogP contribution in [-0.4, -0.2) is 47.8 Å². The molecule has 2 amide bonds. The van der Waals surface area contributed by atoms with E-state index in [0.717, 1.165) is 31.3 Å². The minimum absolute atomic E-state index is 0.0742. The number of fused-ring (bicyclic) bond motifs is 5. The SMILES string of the molecule is CCN(CC)C(=O)C1CC(=O)N(C)[C@@H]2CC[C@H]3[C@@H]4CCC[C@@]4(C)CC[C@@H]3[C@@]12C. The highest BCUT2D eigenvalue weighted by atomic mass is 16.2. The Hall–Kier alpha value is -1.06. The molecule has 0 spiro atoms. The van der Waals surface area contributed by atoms with Gasteiger partial charge in [0.15, 0.2) is 0 Å². The molecule has 0 radical (unpaired) electrons. The third-order valence-corrected chi connectivity index (χ3v) is 9.87. The molecule has 0 aromatic rings. The van der Waals surface area contributed by atoms with E-state index in [-0.39, 0.29) is 29.2 Å². The third kappa shape index (κ3) is 2.69.